The summed E-state index contributed by atoms with van der Waals surface area (Å²) < 4.78 is 96.8. The standard InChI is InChI=1S/C33H29F6N7OS/c34-18-12-32(7-2-9-46(32)15-18)16-47-31-43-27-20(30(44-31)45-10-6-17(14-45)3-1-8-40)11-22(33(37,38)39)25(26(27)36)19-4-5-23(35)28-24(19)21(13-41)29(42)48-28/h4-5,11,17-18H,1-3,6-7,9-10,12,14-16,42H2. The molecule has 15 heteroatoms. The number of rotatable bonds is 7. The maximum absolute atomic E-state index is 17.0. The number of anilines is 2. The SMILES string of the molecule is N#CCCC1CCN(c2nc(OCC34CCCN3CC(F)C4)nc3c(F)c(-c4ccc(F)c5sc(N)c(C#N)c45)c(C(F)(F)F)cc23)C1. The molecule has 3 saturated heterocycles. The molecule has 0 radical (unpaired) electrons. The van der Waals surface area contributed by atoms with E-state index in [1.54, 1.807) is 4.90 Å². The Bertz CT molecular complexity index is 2020. The highest BCUT2D eigenvalue weighted by molar-refractivity contribution is 7.23. The molecule has 0 aliphatic carbocycles. The zero-order valence-corrected chi connectivity index (χ0v) is 26.3. The number of alkyl halides is 4. The van der Waals surface area contributed by atoms with E-state index in [0.717, 1.165) is 24.6 Å². The molecule has 0 saturated carbocycles. The monoisotopic (exact) mass is 685 g/mol. The fourth-order valence-corrected chi connectivity index (χ4v) is 8.62. The minimum Gasteiger partial charge on any atom is -0.461 e. The molecule has 4 aromatic rings. The minimum atomic E-state index is -5.08. The Hall–Kier alpha value is -4.34. The van der Waals surface area contributed by atoms with Crippen molar-refractivity contribution in [3.8, 4) is 29.3 Å². The highest BCUT2D eigenvalue weighted by Crippen LogP contribution is 2.48. The van der Waals surface area contributed by atoms with E-state index < -0.39 is 46.2 Å². The first-order valence-electron chi connectivity index (χ1n) is 15.6. The third-order valence-corrected chi connectivity index (χ3v) is 10.9. The molecule has 3 atom stereocenters. The highest BCUT2D eigenvalue weighted by atomic mass is 32.1. The zero-order valence-electron chi connectivity index (χ0n) is 25.5. The third-order valence-electron chi connectivity index (χ3n) is 9.88. The molecule has 0 bridgehead atoms. The number of nitrogen functional groups attached to an aromatic ring is 1. The van der Waals surface area contributed by atoms with Crippen molar-refractivity contribution in [3.63, 3.8) is 0 Å². The summed E-state index contributed by atoms with van der Waals surface area (Å²) in [7, 11) is 0. The quantitative estimate of drug-likeness (QED) is 0.201. The summed E-state index contributed by atoms with van der Waals surface area (Å²) >= 11 is 0.688. The second-order valence-electron chi connectivity index (χ2n) is 12.8. The maximum Gasteiger partial charge on any atom is 0.417 e. The molecule has 2 N–H and O–H groups in total. The Labute approximate surface area is 275 Å². The van der Waals surface area contributed by atoms with Gasteiger partial charge in [-0.1, -0.05) is 6.07 Å². The van der Waals surface area contributed by atoms with E-state index in [2.05, 4.69) is 16.0 Å². The van der Waals surface area contributed by atoms with Crippen LogP contribution in [-0.2, 0) is 6.18 Å². The van der Waals surface area contributed by atoms with Gasteiger partial charge >= 0.3 is 12.2 Å². The van der Waals surface area contributed by atoms with E-state index in [1.807, 2.05) is 11.0 Å². The van der Waals surface area contributed by atoms with Crippen LogP contribution < -0.4 is 15.4 Å². The lowest BCUT2D eigenvalue weighted by Gasteiger charge is -2.31. The van der Waals surface area contributed by atoms with Crippen molar-refractivity contribution in [2.75, 3.05) is 43.4 Å². The molecule has 3 aliphatic heterocycles. The van der Waals surface area contributed by atoms with Gasteiger partial charge in [0.05, 0.1) is 27.4 Å². The Balaban J connectivity index is 1.43. The van der Waals surface area contributed by atoms with Crippen LogP contribution >= 0.6 is 11.3 Å². The molecule has 2 aromatic carbocycles. The number of fused-ring (bicyclic) bond motifs is 3. The van der Waals surface area contributed by atoms with Crippen molar-refractivity contribution in [1.82, 2.24) is 14.9 Å². The molecular weight excluding hydrogens is 656 g/mol. The number of nitriles is 2. The van der Waals surface area contributed by atoms with E-state index in [1.165, 1.54) is 0 Å². The van der Waals surface area contributed by atoms with Crippen LogP contribution in [0.3, 0.4) is 0 Å². The van der Waals surface area contributed by atoms with Gasteiger partial charge < -0.3 is 15.4 Å². The van der Waals surface area contributed by atoms with Gasteiger partial charge in [-0.25, -0.2) is 13.2 Å². The van der Waals surface area contributed by atoms with Crippen LogP contribution in [-0.4, -0.2) is 59.4 Å². The van der Waals surface area contributed by atoms with Crippen LogP contribution in [0.2, 0.25) is 0 Å². The molecule has 250 valence electrons. The number of thiophene rings is 1. The average molecular weight is 686 g/mol. The number of benzene rings is 2. The predicted molar refractivity (Wildman–Crippen MR) is 168 cm³/mol. The molecule has 0 spiro atoms. The number of hydrogen-bond donors (Lipinski definition) is 1. The lowest BCUT2D eigenvalue weighted by molar-refractivity contribution is -0.137. The molecule has 48 heavy (non-hydrogen) atoms. The summed E-state index contributed by atoms with van der Waals surface area (Å²) in [5.41, 5.74) is 2.02. The van der Waals surface area contributed by atoms with Crippen LogP contribution in [0.4, 0.5) is 37.2 Å². The number of nitrogens with zero attached hydrogens (tertiary/aromatic N) is 6. The second-order valence-corrected chi connectivity index (χ2v) is 13.8. The third kappa shape index (κ3) is 5.33. The lowest BCUT2D eigenvalue weighted by atomic mass is 9.92. The van der Waals surface area contributed by atoms with Gasteiger partial charge in [-0.2, -0.15) is 33.7 Å². The normalized spacial score (nSPS) is 22.8. The Morgan fingerprint density at radius 3 is 2.71 bits per heavy atom. The van der Waals surface area contributed by atoms with Crippen molar-refractivity contribution in [2.45, 2.75) is 56.4 Å². The first kappa shape index (κ1) is 32.2. The van der Waals surface area contributed by atoms with Crippen molar-refractivity contribution < 1.29 is 31.1 Å². The van der Waals surface area contributed by atoms with Gasteiger partial charge in [0.1, 0.15) is 41.0 Å². The average Bonchev–Trinajstić information content (AvgIpc) is 3.81. The lowest BCUT2D eigenvalue weighted by Crippen LogP contribution is -2.43. The summed E-state index contributed by atoms with van der Waals surface area (Å²) in [6.45, 7) is 1.75. The Kier molecular flexibility index (Phi) is 8.03. The van der Waals surface area contributed by atoms with Gasteiger partial charge in [0, 0.05) is 48.8 Å². The molecule has 3 unspecified atom stereocenters. The summed E-state index contributed by atoms with van der Waals surface area (Å²) in [6.07, 6.45) is -2.79. The van der Waals surface area contributed by atoms with Crippen LogP contribution in [0, 0.1) is 40.2 Å². The molecule has 8 nitrogen and oxygen atoms in total. The van der Waals surface area contributed by atoms with Gasteiger partial charge in [-0.05, 0) is 55.8 Å². The topological polar surface area (TPSA) is 115 Å². The minimum absolute atomic E-state index is 0.0105. The van der Waals surface area contributed by atoms with Crippen molar-refractivity contribution >= 4 is 43.1 Å². The number of aromatic nitrogens is 2. The smallest absolute Gasteiger partial charge is 0.417 e. The number of halogens is 6. The van der Waals surface area contributed by atoms with E-state index >= 15 is 4.39 Å². The Morgan fingerprint density at radius 2 is 1.96 bits per heavy atom. The van der Waals surface area contributed by atoms with Gasteiger partial charge in [0.25, 0.3) is 0 Å². The molecule has 5 heterocycles. The van der Waals surface area contributed by atoms with E-state index in [4.69, 9.17) is 15.7 Å². The molecule has 3 aliphatic rings. The summed E-state index contributed by atoms with van der Waals surface area (Å²) in [4.78, 5) is 12.6. The van der Waals surface area contributed by atoms with Gasteiger partial charge in [0.15, 0.2) is 5.82 Å². The second kappa shape index (κ2) is 12.0. The summed E-state index contributed by atoms with van der Waals surface area (Å²) in [6, 6.07) is 6.37. The van der Waals surface area contributed by atoms with Gasteiger partial charge in [0.2, 0.25) is 0 Å². The van der Waals surface area contributed by atoms with E-state index in [-0.39, 0.29) is 68.9 Å². The van der Waals surface area contributed by atoms with Crippen molar-refractivity contribution in [2.24, 2.45) is 5.92 Å². The van der Waals surface area contributed by atoms with Crippen LogP contribution in [0.25, 0.3) is 32.1 Å². The van der Waals surface area contributed by atoms with E-state index in [9.17, 15) is 27.2 Å². The first-order valence-corrected chi connectivity index (χ1v) is 16.4. The molecule has 0 amide bonds. The zero-order chi connectivity index (χ0) is 34.0. The number of nitrogens with two attached hydrogens (primary N) is 1. The van der Waals surface area contributed by atoms with Crippen molar-refractivity contribution in [3.05, 3.63) is 41.0 Å². The maximum atomic E-state index is 17.0. The van der Waals surface area contributed by atoms with Crippen LogP contribution in [0.1, 0.15) is 49.7 Å². The summed E-state index contributed by atoms with van der Waals surface area (Å²) in [5, 5.41) is 18.3. The Morgan fingerprint density at radius 1 is 1.15 bits per heavy atom. The fraction of sp³-hybridized carbons (Fsp3) is 0.455. The molecular formula is C33H29F6N7OS. The number of ether oxygens (including phenoxy) is 1. The largest absolute Gasteiger partial charge is 0.461 e. The van der Waals surface area contributed by atoms with Crippen LogP contribution in [0.15, 0.2) is 18.2 Å². The van der Waals surface area contributed by atoms with Gasteiger partial charge in [-0.15, -0.1) is 11.3 Å². The first-order chi connectivity index (χ1) is 22.9. The summed E-state index contributed by atoms with van der Waals surface area (Å²) in [5.74, 6) is -2.05. The highest BCUT2D eigenvalue weighted by Gasteiger charge is 2.49. The van der Waals surface area contributed by atoms with Crippen molar-refractivity contribution in [1.29, 1.82) is 10.5 Å². The molecule has 3 fully saturated rings. The fourth-order valence-electron chi connectivity index (χ4n) is 7.67. The van der Waals surface area contributed by atoms with Crippen LogP contribution in [0.5, 0.6) is 6.01 Å². The number of hydrogen-bond acceptors (Lipinski definition) is 9. The molecule has 2 aromatic heterocycles. The van der Waals surface area contributed by atoms with Gasteiger partial charge in [-0.3, -0.25) is 4.90 Å². The molecule has 7 rings (SSSR count). The predicted octanol–water partition coefficient (Wildman–Crippen LogP) is 7.35. The van der Waals surface area contributed by atoms with E-state index in [0.29, 0.717) is 56.7 Å².